The van der Waals surface area contributed by atoms with Crippen LogP contribution in [0.5, 0.6) is 0 Å². The average Bonchev–Trinajstić information content (AvgIpc) is 2.64. The number of amides is 1. The number of alkyl carbamates (subject to hydrolysis) is 1. The number of nitrogens with one attached hydrogen (secondary N) is 2. The van der Waals surface area contributed by atoms with E-state index in [1.165, 1.54) is 0 Å². The first-order valence-electron chi connectivity index (χ1n) is 9.55. The van der Waals surface area contributed by atoms with Crippen molar-refractivity contribution >= 4 is 28.8 Å². The summed E-state index contributed by atoms with van der Waals surface area (Å²) >= 11 is 0. The van der Waals surface area contributed by atoms with Crippen LogP contribution in [0.15, 0.2) is 24.3 Å². The van der Waals surface area contributed by atoms with Crippen molar-refractivity contribution in [3.8, 4) is 0 Å². The van der Waals surface area contributed by atoms with Gasteiger partial charge < -0.3 is 20.3 Å². The predicted octanol–water partition coefficient (Wildman–Crippen LogP) is 3.56. The van der Waals surface area contributed by atoms with E-state index < -0.39 is 5.60 Å². The largest absolute Gasteiger partial charge is 0.444 e. The van der Waals surface area contributed by atoms with Crippen molar-refractivity contribution < 1.29 is 9.53 Å². The molecule has 146 valence electrons. The second-order valence-electron chi connectivity index (χ2n) is 7.86. The van der Waals surface area contributed by atoms with E-state index in [1.54, 1.807) is 0 Å². The minimum Gasteiger partial charge on any atom is -0.444 e. The van der Waals surface area contributed by atoms with E-state index in [2.05, 4.69) is 15.5 Å². The smallest absolute Gasteiger partial charge is 0.407 e. The molecule has 0 radical (unpaired) electrons. The quantitative estimate of drug-likeness (QED) is 0.856. The maximum Gasteiger partial charge on any atom is 0.407 e. The van der Waals surface area contributed by atoms with Crippen LogP contribution >= 0.6 is 0 Å². The Bertz CT molecular complexity index is 803. The summed E-state index contributed by atoms with van der Waals surface area (Å²) in [6.45, 7) is 7.00. The van der Waals surface area contributed by atoms with Crippen molar-refractivity contribution in [1.82, 2.24) is 15.3 Å². The molecule has 3 rings (SSSR count). The van der Waals surface area contributed by atoms with Crippen molar-refractivity contribution in [2.75, 3.05) is 30.4 Å². The Hall–Kier alpha value is -2.57. The molecule has 1 aromatic carbocycles. The van der Waals surface area contributed by atoms with Gasteiger partial charge in [0, 0.05) is 26.2 Å². The molecule has 1 aliphatic rings. The third-order valence-electron chi connectivity index (χ3n) is 4.57. The number of hydrogen-bond donors (Lipinski definition) is 2. The van der Waals surface area contributed by atoms with Crippen LogP contribution in [-0.2, 0) is 4.74 Å². The lowest BCUT2D eigenvalue weighted by molar-refractivity contribution is 0.0523. The molecule has 0 unspecified atom stereocenters. The van der Waals surface area contributed by atoms with Gasteiger partial charge in [0.2, 0.25) is 0 Å². The van der Waals surface area contributed by atoms with Gasteiger partial charge in [-0.1, -0.05) is 12.1 Å². The summed E-state index contributed by atoms with van der Waals surface area (Å²) in [7, 11) is 1.86. The van der Waals surface area contributed by atoms with E-state index in [9.17, 15) is 4.79 Å². The fourth-order valence-corrected chi connectivity index (χ4v) is 3.37. The minimum atomic E-state index is -0.501. The highest BCUT2D eigenvalue weighted by molar-refractivity contribution is 5.80. The number of para-hydroxylation sites is 2. The first-order chi connectivity index (χ1) is 12.9. The Labute approximate surface area is 160 Å². The van der Waals surface area contributed by atoms with Crippen LogP contribution in [0.25, 0.3) is 11.0 Å². The maximum atomic E-state index is 12.1. The Balaban J connectivity index is 1.81. The molecular formula is C20H29N5O2. The molecule has 1 aromatic heterocycles. The summed E-state index contributed by atoms with van der Waals surface area (Å²) in [6.07, 6.45) is 2.84. The van der Waals surface area contributed by atoms with Gasteiger partial charge in [0.15, 0.2) is 11.6 Å². The topological polar surface area (TPSA) is 79.4 Å². The number of fused-ring (bicyclic) bond motifs is 1. The van der Waals surface area contributed by atoms with Crippen LogP contribution < -0.4 is 15.5 Å². The number of ether oxygens (including phenoxy) is 1. The van der Waals surface area contributed by atoms with E-state index in [-0.39, 0.29) is 12.1 Å². The molecule has 2 aromatic rings. The van der Waals surface area contributed by atoms with Crippen LogP contribution in [0.3, 0.4) is 0 Å². The Morgan fingerprint density at radius 1 is 1.22 bits per heavy atom. The van der Waals surface area contributed by atoms with E-state index in [1.807, 2.05) is 52.1 Å². The van der Waals surface area contributed by atoms with E-state index in [0.717, 1.165) is 48.5 Å². The fourth-order valence-electron chi connectivity index (χ4n) is 3.37. The number of aromatic nitrogens is 2. The predicted molar refractivity (Wildman–Crippen MR) is 108 cm³/mol. The van der Waals surface area contributed by atoms with Gasteiger partial charge in [0.1, 0.15) is 5.60 Å². The summed E-state index contributed by atoms with van der Waals surface area (Å²) in [5.41, 5.74) is 1.24. The number of piperidine rings is 1. The number of anilines is 2. The van der Waals surface area contributed by atoms with E-state index in [4.69, 9.17) is 14.7 Å². The molecule has 2 N–H and O–H groups in total. The van der Waals surface area contributed by atoms with Crippen molar-refractivity contribution in [1.29, 1.82) is 0 Å². The summed E-state index contributed by atoms with van der Waals surface area (Å²) in [6, 6.07) is 8.03. The number of carbonyl (C=O) groups is 1. The van der Waals surface area contributed by atoms with Gasteiger partial charge in [-0.25, -0.2) is 14.8 Å². The van der Waals surface area contributed by atoms with Crippen LogP contribution in [0.4, 0.5) is 16.4 Å². The van der Waals surface area contributed by atoms with Crippen LogP contribution in [0, 0.1) is 0 Å². The monoisotopic (exact) mass is 371 g/mol. The molecule has 0 spiro atoms. The first kappa shape index (κ1) is 19.2. The fraction of sp³-hybridized carbons (Fsp3) is 0.550. The molecule has 1 saturated heterocycles. The summed E-state index contributed by atoms with van der Waals surface area (Å²) in [5, 5.41) is 6.09. The Morgan fingerprint density at radius 2 is 1.93 bits per heavy atom. The maximum absolute atomic E-state index is 12.1. The van der Waals surface area contributed by atoms with Crippen LogP contribution in [0.2, 0.25) is 0 Å². The number of nitrogens with zero attached hydrogens (tertiary/aromatic N) is 3. The molecule has 0 saturated carbocycles. The third-order valence-corrected chi connectivity index (χ3v) is 4.57. The first-order valence-corrected chi connectivity index (χ1v) is 9.55. The summed E-state index contributed by atoms with van der Waals surface area (Å²) in [4.78, 5) is 23.9. The molecule has 0 aliphatic carbocycles. The summed E-state index contributed by atoms with van der Waals surface area (Å²) in [5.74, 6) is 1.60. The molecule has 7 nitrogen and oxygen atoms in total. The van der Waals surface area contributed by atoms with Crippen molar-refractivity contribution in [3.63, 3.8) is 0 Å². The Morgan fingerprint density at radius 3 is 2.59 bits per heavy atom. The highest BCUT2D eigenvalue weighted by Gasteiger charge is 2.27. The molecule has 1 amide bonds. The van der Waals surface area contributed by atoms with E-state index >= 15 is 0 Å². The highest BCUT2D eigenvalue weighted by Crippen LogP contribution is 2.30. The van der Waals surface area contributed by atoms with Gasteiger partial charge in [-0.2, -0.15) is 0 Å². The van der Waals surface area contributed by atoms with Gasteiger partial charge in [-0.3, -0.25) is 0 Å². The molecule has 27 heavy (non-hydrogen) atoms. The third kappa shape index (κ3) is 4.78. The van der Waals surface area contributed by atoms with Gasteiger partial charge in [-0.05, 0) is 52.2 Å². The second-order valence-corrected chi connectivity index (χ2v) is 7.86. The zero-order chi connectivity index (χ0) is 19.4. The minimum absolute atomic E-state index is 0.161. The zero-order valence-corrected chi connectivity index (χ0v) is 16.6. The van der Waals surface area contributed by atoms with Gasteiger partial charge in [0.25, 0.3) is 0 Å². The van der Waals surface area contributed by atoms with Gasteiger partial charge in [0.05, 0.1) is 11.0 Å². The Kier molecular flexibility index (Phi) is 5.68. The molecule has 1 atom stereocenters. The lowest BCUT2D eigenvalue weighted by Gasteiger charge is -2.37. The van der Waals surface area contributed by atoms with Crippen molar-refractivity contribution in [3.05, 3.63) is 24.3 Å². The molecule has 0 bridgehead atoms. The molecule has 7 heteroatoms. The standard InChI is InChI=1S/C20H29N5O2/c1-20(2,3)27-19(26)22-13-14-9-7-8-12-25(14)18-17(21-4)23-15-10-5-6-11-16(15)24-18/h5-6,10-11,14H,7-9,12-13H2,1-4H3,(H,21,23)(H,22,26)/t14-/m1/s1. The van der Waals surface area contributed by atoms with Crippen molar-refractivity contribution in [2.45, 2.75) is 51.7 Å². The van der Waals surface area contributed by atoms with E-state index in [0.29, 0.717) is 6.54 Å². The summed E-state index contributed by atoms with van der Waals surface area (Å²) < 4.78 is 5.36. The number of rotatable bonds is 4. The average molecular weight is 371 g/mol. The second kappa shape index (κ2) is 7.98. The molecule has 1 fully saturated rings. The SMILES string of the molecule is CNc1nc2ccccc2nc1N1CCCC[C@@H]1CNC(=O)OC(C)(C)C. The lowest BCUT2D eigenvalue weighted by atomic mass is 10.0. The highest BCUT2D eigenvalue weighted by atomic mass is 16.6. The zero-order valence-electron chi connectivity index (χ0n) is 16.6. The van der Waals surface area contributed by atoms with Crippen LogP contribution in [-0.4, -0.2) is 47.8 Å². The van der Waals surface area contributed by atoms with Gasteiger partial charge >= 0.3 is 6.09 Å². The number of benzene rings is 1. The number of carbonyl (C=O) groups excluding carboxylic acids is 1. The van der Waals surface area contributed by atoms with Crippen LogP contribution in [0.1, 0.15) is 40.0 Å². The lowest BCUT2D eigenvalue weighted by Crippen LogP contribution is -2.48. The molecule has 2 heterocycles. The molecular weight excluding hydrogens is 342 g/mol. The van der Waals surface area contributed by atoms with Gasteiger partial charge in [-0.15, -0.1) is 0 Å². The van der Waals surface area contributed by atoms with Crippen molar-refractivity contribution in [2.24, 2.45) is 0 Å². The number of hydrogen-bond acceptors (Lipinski definition) is 6. The normalized spacial score (nSPS) is 17.6. The molecule has 1 aliphatic heterocycles.